The number of fused-ring (bicyclic) bond motifs is 3. The molecule has 3 aliphatic carbocycles. The highest BCUT2D eigenvalue weighted by Crippen LogP contribution is 2.52. The number of likely N-dealkylation sites (tertiary alicyclic amines) is 1. The van der Waals surface area contributed by atoms with Gasteiger partial charge in [-0.25, -0.2) is 0 Å². The minimum atomic E-state index is -2.37. The molecule has 2 heterocycles. The van der Waals surface area contributed by atoms with E-state index >= 15 is 0 Å². The number of aliphatic hydroxyl groups is 3. The van der Waals surface area contributed by atoms with Gasteiger partial charge in [0.2, 0.25) is 23.5 Å². The number of carboxylic acids is 1. The molecule has 60 heavy (non-hydrogen) atoms. The number of hydrogen-bond donors (Lipinski definition) is 7. The number of aromatic hydroxyl groups is 2. The lowest BCUT2D eigenvalue weighted by atomic mass is 9.72. The Hall–Kier alpha value is -4.92. The zero-order valence-corrected chi connectivity index (χ0v) is 33.6. The maximum atomic E-state index is 14.0. The number of benzene rings is 2. The van der Waals surface area contributed by atoms with E-state index in [1.54, 1.807) is 0 Å². The van der Waals surface area contributed by atoms with Crippen LogP contribution in [0.25, 0.3) is 0 Å². The molecule has 5 aliphatic rings. The molecule has 3 fully saturated rings. The molecule has 7 rings (SSSR count). The Kier molecular flexibility index (Phi) is 12.1. The lowest BCUT2D eigenvalue weighted by Gasteiger charge is -2.43. The van der Waals surface area contributed by atoms with Gasteiger partial charge in [0.25, 0.3) is 0 Å². The summed E-state index contributed by atoms with van der Waals surface area (Å²) in [6.45, 7) is 0.616. The second-order valence-electron chi connectivity index (χ2n) is 16.1. The second kappa shape index (κ2) is 16.9. The molecule has 2 aromatic rings. The molecule has 18 nitrogen and oxygen atoms in total. The highest BCUT2D eigenvalue weighted by Gasteiger charge is 2.51. The van der Waals surface area contributed by atoms with Crippen molar-refractivity contribution in [3.8, 4) is 17.2 Å². The van der Waals surface area contributed by atoms with E-state index in [1.807, 2.05) is 0 Å². The number of imide groups is 1. The first kappa shape index (κ1) is 43.2. The number of phenols is 2. The number of nitrogens with zero attached hydrogens (tertiary/aromatic N) is 1. The predicted octanol–water partition coefficient (Wildman–Crippen LogP) is 0.911. The molecule has 0 radical (unpaired) electrons. The third-order valence-electron chi connectivity index (χ3n) is 12.4. The maximum absolute atomic E-state index is 14.0. The van der Waals surface area contributed by atoms with Crippen molar-refractivity contribution >= 4 is 52.8 Å². The first-order valence-corrected chi connectivity index (χ1v) is 20.7. The van der Waals surface area contributed by atoms with Crippen LogP contribution in [0.15, 0.2) is 18.2 Å². The third kappa shape index (κ3) is 7.77. The summed E-state index contributed by atoms with van der Waals surface area (Å²) in [4.78, 5) is 91.9. The molecule has 0 aromatic heterocycles. The van der Waals surface area contributed by atoms with Gasteiger partial charge in [0.05, 0.1) is 53.1 Å². The Morgan fingerprint density at radius 2 is 1.72 bits per heavy atom. The molecule has 1 unspecified atom stereocenters. The van der Waals surface area contributed by atoms with Gasteiger partial charge in [0, 0.05) is 54.8 Å². The number of Topliss-reactive ketones (excluding diaryl/α,β-unsaturated/α-hetero) is 1. The summed E-state index contributed by atoms with van der Waals surface area (Å²) >= 11 is 0.920. The number of carboxylic acid groups (broad SMARTS) is 1. The Morgan fingerprint density at radius 1 is 1.02 bits per heavy atom. The van der Waals surface area contributed by atoms with Gasteiger partial charge in [0.15, 0.2) is 17.9 Å². The number of rotatable bonds is 12. The number of amides is 3. The lowest BCUT2D eigenvalue weighted by Crippen LogP contribution is -2.56. The molecule has 7 atom stereocenters. The molecule has 322 valence electrons. The van der Waals surface area contributed by atoms with E-state index in [0.717, 1.165) is 11.8 Å². The SMILES string of the molecule is COc1cccc2c1C(=O)c1c(O)c3c(c(O)c1C2=O)C[C@@](O)(C(=O)CO)C[C@@H]3O[C@H]1C[C@H](NC(=O)C2CCC(CN3C(=O)CC(SCC(=O)O)C3=O)CC2)[C@H](O)[C@H](C)O1. The van der Waals surface area contributed by atoms with Crippen LogP contribution in [0, 0.1) is 11.8 Å². The molecule has 3 amide bonds. The lowest BCUT2D eigenvalue weighted by molar-refractivity contribution is -0.249. The van der Waals surface area contributed by atoms with Crippen molar-refractivity contribution in [2.45, 2.75) is 99.8 Å². The molecule has 2 aliphatic heterocycles. The normalized spacial score (nSPS) is 30.1. The number of ether oxygens (including phenoxy) is 3. The molecule has 0 spiro atoms. The molecular weight excluding hydrogens is 809 g/mol. The number of nitrogens with one attached hydrogen (secondary N) is 1. The Labute approximate surface area is 347 Å². The fourth-order valence-corrected chi connectivity index (χ4v) is 10.0. The molecule has 2 saturated heterocycles. The van der Waals surface area contributed by atoms with Gasteiger partial charge >= 0.3 is 5.97 Å². The minimum absolute atomic E-state index is 0.0480. The van der Waals surface area contributed by atoms with Crippen LogP contribution in [0.2, 0.25) is 0 Å². The number of aliphatic carboxylic acids is 1. The van der Waals surface area contributed by atoms with Crippen molar-refractivity contribution in [1.29, 1.82) is 0 Å². The van der Waals surface area contributed by atoms with Crippen LogP contribution < -0.4 is 10.1 Å². The molecule has 1 saturated carbocycles. The first-order chi connectivity index (χ1) is 28.5. The average Bonchev–Trinajstić information content (AvgIpc) is 3.48. The van der Waals surface area contributed by atoms with Crippen LogP contribution in [0.4, 0.5) is 0 Å². The number of methoxy groups -OCH3 is 1. The van der Waals surface area contributed by atoms with Crippen LogP contribution >= 0.6 is 11.8 Å². The minimum Gasteiger partial charge on any atom is -0.507 e. The summed E-state index contributed by atoms with van der Waals surface area (Å²) in [6.07, 6.45) is -4.44. The van der Waals surface area contributed by atoms with Crippen molar-refractivity contribution in [3.63, 3.8) is 0 Å². The van der Waals surface area contributed by atoms with E-state index in [9.17, 15) is 59.1 Å². The number of phenolic OH excluding ortho intramolecular Hbond substituents is 2. The van der Waals surface area contributed by atoms with Crippen molar-refractivity contribution in [2.75, 3.05) is 26.0 Å². The van der Waals surface area contributed by atoms with Gasteiger partial charge in [0.1, 0.15) is 35.6 Å². The monoisotopic (exact) mass is 854 g/mol. The number of ketones is 3. The van der Waals surface area contributed by atoms with Crippen molar-refractivity contribution in [2.24, 2.45) is 11.8 Å². The number of hydrogen-bond acceptors (Lipinski definition) is 16. The molecule has 0 bridgehead atoms. The van der Waals surface area contributed by atoms with Crippen molar-refractivity contribution < 1.29 is 78.4 Å². The standard InChI is InChI=1S/C41H46N2O16S/c1-17-34(49)22(42-39(54)19-8-6-18(7-9-19)14-43-27(46)11-25(40(43)55)60-16-28(47)48)10-29(58-17)59-24-13-41(56,26(45)15-44)12-21-31(24)38(53)33-32(36(21)51)35(50)20-4-3-5-23(57-2)30(20)37(33)52/h3-5,17-19,22,24-25,29,34,44,49,51,53,56H,6-16H2,1-2H3,(H,42,54)(H,47,48)/t17-,18?,19?,22-,24-,25?,29-,34+,41-/m0/s1. The van der Waals surface area contributed by atoms with E-state index in [4.69, 9.17) is 19.3 Å². The molecular formula is C41H46N2O16S. The van der Waals surface area contributed by atoms with Crippen molar-refractivity contribution in [1.82, 2.24) is 10.2 Å². The average molecular weight is 855 g/mol. The van der Waals surface area contributed by atoms with E-state index in [1.165, 1.54) is 37.1 Å². The largest absolute Gasteiger partial charge is 0.507 e. The van der Waals surface area contributed by atoms with Gasteiger partial charge in [-0.3, -0.25) is 38.5 Å². The van der Waals surface area contributed by atoms with Gasteiger partial charge in [-0.1, -0.05) is 12.1 Å². The van der Waals surface area contributed by atoms with Gasteiger partial charge in [-0.05, 0) is 44.6 Å². The summed E-state index contributed by atoms with van der Waals surface area (Å²) in [5.74, 6) is -7.17. The number of carbonyl (C=O) groups is 7. The first-order valence-electron chi connectivity index (χ1n) is 19.7. The number of thioether (sulfide) groups is 1. The maximum Gasteiger partial charge on any atom is 0.313 e. The molecule has 19 heteroatoms. The number of aliphatic hydroxyl groups excluding tert-OH is 2. The van der Waals surface area contributed by atoms with E-state index in [2.05, 4.69) is 5.32 Å². The summed E-state index contributed by atoms with van der Waals surface area (Å²) in [5.41, 5.74) is -4.15. The number of carbonyl (C=O) groups excluding carboxylic acids is 6. The Bertz CT molecular complexity index is 2150. The third-order valence-corrected chi connectivity index (χ3v) is 13.5. The van der Waals surface area contributed by atoms with Crippen LogP contribution in [-0.4, -0.2) is 138 Å². The Balaban J connectivity index is 1.07. The summed E-state index contributed by atoms with van der Waals surface area (Å²) in [5, 5.41) is 67.0. The van der Waals surface area contributed by atoms with Crippen LogP contribution in [-0.2, 0) is 39.9 Å². The quantitative estimate of drug-likeness (QED) is 0.0985. The fourth-order valence-electron chi connectivity index (χ4n) is 9.17. The van der Waals surface area contributed by atoms with E-state index in [0.29, 0.717) is 25.7 Å². The topological polar surface area (TPSA) is 284 Å². The predicted molar refractivity (Wildman–Crippen MR) is 206 cm³/mol. The van der Waals surface area contributed by atoms with Crippen LogP contribution in [0.1, 0.15) is 101 Å². The highest BCUT2D eigenvalue weighted by molar-refractivity contribution is 8.01. The molecule has 2 aromatic carbocycles. The smallest absolute Gasteiger partial charge is 0.313 e. The highest BCUT2D eigenvalue weighted by atomic mass is 32.2. The van der Waals surface area contributed by atoms with Gasteiger partial charge in [-0.2, -0.15) is 0 Å². The fraction of sp³-hybridized carbons (Fsp3) is 0.537. The van der Waals surface area contributed by atoms with Crippen molar-refractivity contribution in [3.05, 3.63) is 51.6 Å². The Morgan fingerprint density at radius 3 is 2.38 bits per heavy atom. The van der Waals surface area contributed by atoms with E-state index < -0.39 is 119 Å². The zero-order chi connectivity index (χ0) is 43.4. The second-order valence-corrected chi connectivity index (χ2v) is 17.3. The van der Waals surface area contributed by atoms with Crippen LogP contribution in [0.5, 0.6) is 17.2 Å². The summed E-state index contributed by atoms with van der Waals surface area (Å²) in [6, 6.07) is 3.36. The van der Waals surface area contributed by atoms with Crippen LogP contribution in [0.3, 0.4) is 0 Å². The van der Waals surface area contributed by atoms with E-state index in [-0.39, 0.29) is 70.9 Å². The summed E-state index contributed by atoms with van der Waals surface area (Å²) in [7, 11) is 1.30. The van der Waals surface area contributed by atoms with Gasteiger partial charge in [-0.15, -0.1) is 11.8 Å². The zero-order valence-electron chi connectivity index (χ0n) is 32.8. The molecule has 7 N–H and O–H groups in total. The summed E-state index contributed by atoms with van der Waals surface area (Å²) < 4.78 is 17.6. The van der Waals surface area contributed by atoms with Gasteiger partial charge < -0.3 is 50.2 Å².